The van der Waals surface area contributed by atoms with Crippen LogP contribution in [0.15, 0.2) is 12.1 Å². The summed E-state index contributed by atoms with van der Waals surface area (Å²) in [4.78, 5) is 12.1. The molecule has 0 bridgehead atoms. The Labute approximate surface area is 200 Å². The Morgan fingerprint density at radius 3 is 2.56 bits per heavy atom. The first-order valence-corrected chi connectivity index (χ1v) is 13.0. The average Bonchev–Trinajstić information content (AvgIpc) is 3.26. The highest BCUT2D eigenvalue weighted by molar-refractivity contribution is 14.1. The maximum Gasteiger partial charge on any atom is 0.312 e. The molecular weight excluding hydrogens is 546 g/mol. The summed E-state index contributed by atoms with van der Waals surface area (Å²) in [6.07, 6.45) is 2.88. The fraction of sp³-hybridized carbons (Fsp3) is 0.476. The quantitative estimate of drug-likeness (QED) is 0.347. The minimum Gasteiger partial charge on any atom is -0.382 e. The van der Waals surface area contributed by atoms with Gasteiger partial charge in [-0.3, -0.25) is 0 Å². The van der Waals surface area contributed by atoms with Crippen LogP contribution in [0, 0.1) is 9.65 Å². The Morgan fingerprint density at radius 1 is 1.19 bits per heavy atom. The Hall–Kier alpha value is -1.86. The maximum absolute atomic E-state index is 13.9. The van der Waals surface area contributed by atoms with Gasteiger partial charge in [0.15, 0.2) is 17.0 Å². The summed E-state index contributed by atoms with van der Waals surface area (Å²) in [5.41, 5.74) is 10.3. The van der Waals surface area contributed by atoms with Gasteiger partial charge in [-0.05, 0) is 85.4 Å². The number of nitrogens with zero attached hydrogens (tertiary/aromatic N) is 4. The van der Waals surface area contributed by atoms with Gasteiger partial charge in [0.2, 0.25) is 10.0 Å². The Balaban J connectivity index is 1.70. The number of nitrogens with two attached hydrogens (primary N) is 1. The predicted octanol–water partition coefficient (Wildman–Crippen LogP) is 2.95. The number of nitrogens with one attached hydrogen (secondary N) is 1. The van der Waals surface area contributed by atoms with Crippen LogP contribution < -0.4 is 10.5 Å². The molecule has 32 heavy (non-hydrogen) atoms. The van der Waals surface area contributed by atoms with Gasteiger partial charge < -0.3 is 10.3 Å². The van der Waals surface area contributed by atoms with Gasteiger partial charge >= 0.3 is 6.08 Å². The molecular formula is C21H26FIN6O2S. The van der Waals surface area contributed by atoms with E-state index in [1.807, 2.05) is 0 Å². The fourth-order valence-corrected chi connectivity index (χ4v) is 5.38. The summed E-state index contributed by atoms with van der Waals surface area (Å²) in [5, 5.41) is 0. The van der Waals surface area contributed by atoms with E-state index in [2.05, 4.69) is 54.4 Å². The highest BCUT2D eigenvalue weighted by Gasteiger charge is 2.28. The van der Waals surface area contributed by atoms with Gasteiger partial charge in [0, 0.05) is 23.1 Å². The fourth-order valence-electron chi connectivity index (χ4n) is 3.87. The zero-order valence-electron chi connectivity index (χ0n) is 18.2. The second-order valence-electron chi connectivity index (χ2n) is 8.98. The number of fused-ring (bicyclic) bond motifs is 2. The standard InChI is InChI=1S/C21H26FIN6O2S/c1-21(2,3)32(30,31)25-7-8-29-16(26-17-18(24)27-20(22)28-19(17)29)11-14-9-12-5-4-6-13(12)10-15(14)23/h9-10,25H,4-8,11H2,1-3H3,(H2,24,27,28). The predicted molar refractivity (Wildman–Crippen MR) is 130 cm³/mol. The average molecular weight is 572 g/mol. The van der Waals surface area contributed by atoms with Crippen molar-refractivity contribution >= 4 is 49.6 Å². The van der Waals surface area contributed by atoms with Crippen LogP contribution in [0.2, 0.25) is 0 Å². The molecule has 0 unspecified atom stereocenters. The van der Waals surface area contributed by atoms with Gasteiger partial charge in [-0.1, -0.05) is 6.07 Å². The number of aryl methyl sites for hydroxylation is 2. The lowest BCUT2D eigenvalue weighted by Crippen LogP contribution is -2.40. The van der Waals surface area contributed by atoms with Crippen molar-refractivity contribution in [2.75, 3.05) is 12.3 Å². The molecule has 1 aromatic carbocycles. The number of sulfonamides is 1. The van der Waals surface area contributed by atoms with Crippen molar-refractivity contribution in [3.05, 3.63) is 44.3 Å². The number of hydrogen-bond acceptors (Lipinski definition) is 6. The van der Waals surface area contributed by atoms with Crippen molar-refractivity contribution in [2.24, 2.45) is 0 Å². The van der Waals surface area contributed by atoms with Crippen molar-refractivity contribution in [2.45, 2.75) is 57.7 Å². The Morgan fingerprint density at radius 2 is 1.88 bits per heavy atom. The molecule has 0 amide bonds. The van der Waals surface area contributed by atoms with E-state index in [9.17, 15) is 12.8 Å². The first kappa shape index (κ1) is 23.3. The molecule has 0 radical (unpaired) electrons. The smallest absolute Gasteiger partial charge is 0.312 e. The number of hydrogen-bond donors (Lipinski definition) is 2. The normalized spacial score (nSPS) is 14.3. The number of imidazole rings is 1. The van der Waals surface area contributed by atoms with Crippen LogP contribution in [0.25, 0.3) is 11.2 Å². The van der Waals surface area contributed by atoms with E-state index >= 15 is 0 Å². The molecule has 0 saturated heterocycles. The van der Waals surface area contributed by atoms with Crippen LogP contribution >= 0.6 is 22.6 Å². The molecule has 0 atom stereocenters. The molecule has 0 saturated carbocycles. The van der Waals surface area contributed by atoms with Gasteiger partial charge in [0.25, 0.3) is 0 Å². The molecule has 3 aromatic rings. The number of nitrogen functional groups attached to an aromatic ring is 1. The van der Waals surface area contributed by atoms with E-state index in [1.165, 1.54) is 11.1 Å². The third-order valence-electron chi connectivity index (χ3n) is 5.72. The van der Waals surface area contributed by atoms with Crippen molar-refractivity contribution in [3.8, 4) is 0 Å². The molecule has 172 valence electrons. The van der Waals surface area contributed by atoms with Crippen molar-refractivity contribution in [1.29, 1.82) is 0 Å². The number of anilines is 1. The summed E-state index contributed by atoms with van der Waals surface area (Å²) in [7, 11) is -3.52. The minimum atomic E-state index is -3.52. The van der Waals surface area contributed by atoms with Crippen LogP contribution in [-0.2, 0) is 35.8 Å². The molecule has 2 aromatic heterocycles. The van der Waals surface area contributed by atoms with Gasteiger partial charge in [-0.25, -0.2) is 18.1 Å². The van der Waals surface area contributed by atoms with Gasteiger partial charge in [0.1, 0.15) is 5.82 Å². The molecule has 4 rings (SSSR count). The molecule has 8 nitrogen and oxygen atoms in total. The molecule has 11 heteroatoms. The third kappa shape index (κ3) is 4.46. The Bertz CT molecular complexity index is 1300. The molecule has 0 fully saturated rings. The summed E-state index contributed by atoms with van der Waals surface area (Å²) >= 11 is 2.33. The summed E-state index contributed by atoms with van der Waals surface area (Å²) in [5.74, 6) is 0.601. The highest BCUT2D eigenvalue weighted by atomic mass is 127. The lowest BCUT2D eigenvalue weighted by Gasteiger charge is -2.20. The van der Waals surface area contributed by atoms with Crippen molar-refractivity contribution < 1.29 is 12.8 Å². The second kappa shape index (κ2) is 8.49. The van der Waals surface area contributed by atoms with Crippen LogP contribution in [0.3, 0.4) is 0 Å². The topological polar surface area (TPSA) is 116 Å². The monoisotopic (exact) mass is 572 g/mol. The zero-order valence-corrected chi connectivity index (χ0v) is 21.2. The maximum atomic E-state index is 13.9. The van der Waals surface area contributed by atoms with Gasteiger partial charge in [-0.2, -0.15) is 14.4 Å². The number of halogens is 2. The van der Waals surface area contributed by atoms with Crippen molar-refractivity contribution in [3.63, 3.8) is 0 Å². The lowest BCUT2D eigenvalue weighted by atomic mass is 10.0. The van der Waals surface area contributed by atoms with Crippen LogP contribution in [0.4, 0.5) is 10.2 Å². The number of benzene rings is 1. The second-order valence-corrected chi connectivity index (χ2v) is 12.7. The third-order valence-corrected chi connectivity index (χ3v) is 8.92. The summed E-state index contributed by atoms with van der Waals surface area (Å²) in [6, 6.07) is 4.43. The summed E-state index contributed by atoms with van der Waals surface area (Å²) < 4.78 is 43.4. The number of rotatable bonds is 6. The van der Waals surface area contributed by atoms with Gasteiger partial charge in [-0.15, -0.1) is 0 Å². The van der Waals surface area contributed by atoms with E-state index in [0.717, 1.165) is 28.4 Å². The number of aromatic nitrogens is 4. The SMILES string of the molecule is CC(C)(C)S(=O)(=O)NCCn1c(Cc2cc3c(cc2I)CCC3)nc2c(N)nc(F)nc21. The minimum absolute atomic E-state index is 0.0357. The first-order valence-electron chi connectivity index (χ1n) is 10.4. The molecule has 1 aliphatic rings. The molecule has 1 aliphatic carbocycles. The van der Waals surface area contributed by atoms with Crippen LogP contribution in [0.1, 0.15) is 49.7 Å². The van der Waals surface area contributed by atoms with E-state index in [0.29, 0.717) is 17.8 Å². The molecule has 2 heterocycles. The largest absolute Gasteiger partial charge is 0.382 e. The van der Waals surface area contributed by atoms with Crippen LogP contribution in [-0.4, -0.2) is 39.2 Å². The lowest BCUT2D eigenvalue weighted by molar-refractivity contribution is 0.532. The van der Waals surface area contributed by atoms with Gasteiger partial charge in [0.05, 0.1) is 4.75 Å². The molecule has 0 spiro atoms. The van der Waals surface area contributed by atoms with E-state index < -0.39 is 20.8 Å². The van der Waals surface area contributed by atoms with E-state index in [-0.39, 0.29) is 24.6 Å². The molecule has 3 N–H and O–H groups in total. The first-order chi connectivity index (χ1) is 15.0. The Kier molecular flexibility index (Phi) is 6.18. The summed E-state index contributed by atoms with van der Waals surface area (Å²) in [6.45, 7) is 5.24. The molecule has 0 aliphatic heterocycles. The van der Waals surface area contributed by atoms with E-state index in [1.54, 1.807) is 25.3 Å². The van der Waals surface area contributed by atoms with Crippen LogP contribution in [0.5, 0.6) is 0 Å². The van der Waals surface area contributed by atoms with E-state index in [4.69, 9.17) is 5.73 Å². The highest BCUT2D eigenvalue weighted by Crippen LogP contribution is 2.29. The zero-order chi connectivity index (χ0) is 23.3. The van der Waals surface area contributed by atoms with Crippen molar-refractivity contribution in [1.82, 2.24) is 24.2 Å².